The minimum atomic E-state index is -0.991. The van der Waals surface area contributed by atoms with Crippen LogP contribution in [-0.2, 0) is 9.59 Å². The molecule has 0 spiro atoms. The van der Waals surface area contributed by atoms with Crippen LogP contribution in [0.2, 0.25) is 5.02 Å². The van der Waals surface area contributed by atoms with Gasteiger partial charge in [-0.3, -0.25) is 19.4 Å². The molecule has 1 aromatic carbocycles. The fourth-order valence-electron chi connectivity index (χ4n) is 2.38. The van der Waals surface area contributed by atoms with E-state index in [0.717, 1.165) is 0 Å². The fraction of sp³-hybridized carbons (Fsp3) is 0.143. The van der Waals surface area contributed by atoms with Gasteiger partial charge in [0, 0.05) is 17.1 Å². The van der Waals surface area contributed by atoms with Gasteiger partial charge in [-0.15, -0.1) is 0 Å². The first-order chi connectivity index (χ1) is 10.9. The number of fused-ring (bicyclic) bond motifs is 1. The van der Waals surface area contributed by atoms with E-state index in [4.69, 9.17) is 17.3 Å². The summed E-state index contributed by atoms with van der Waals surface area (Å²) in [6.07, 6.45) is -0.172. The van der Waals surface area contributed by atoms with E-state index >= 15 is 0 Å². The maximum atomic E-state index is 12.2. The average molecular weight is 334 g/mol. The Morgan fingerprint density at radius 2 is 2.17 bits per heavy atom. The lowest BCUT2D eigenvalue weighted by Gasteiger charge is -2.21. The van der Waals surface area contributed by atoms with E-state index in [1.807, 2.05) is 0 Å². The molecule has 1 atom stereocenters. The van der Waals surface area contributed by atoms with E-state index in [1.54, 1.807) is 24.3 Å². The summed E-state index contributed by atoms with van der Waals surface area (Å²) in [6, 6.07) is 6.81. The lowest BCUT2D eigenvalue weighted by atomic mass is 9.93. The standard InChI is InChI=1S/C14H12ClN5O3/c15-6-2-1-3-7(4-6)17-14-19-12-10(13(23)20-14)8(11(16)22)5-9(21)18-12/h1-4,8H,5H2,(H2,16,22)(H3,17,18,19,20,21,23)/t8-/m0/s1. The lowest BCUT2D eigenvalue weighted by molar-refractivity contribution is -0.124. The van der Waals surface area contributed by atoms with Gasteiger partial charge in [0.25, 0.3) is 5.56 Å². The normalized spacial score (nSPS) is 16.4. The molecule has 0 fully saturated rings. The molecule has 8 nitrogen and oxygen atoms in total. The molecule has 23 heavy (non-hydrogen) atoms. The number of primary amides is 1. The van der Waals surface area contributed by atoms with Crippen molar-refractivity contribution < 1.29 is 9.59 Å². The number of carbonyl (C=O) groups excluding carboxylic acids is 2. The van der Waals surface area contributed by atoms with Crippen molar-refractivity contribution in [3.8, 4) is 0 Å². The summed E-state index contributed by atoms with van der Waals surface area (Å²) in [5.41, 5.74) is 5.39. The maximum absolute atomic E-state index is 12.2. The summed E-state index contributed by atoms with van der Waals surface area (Å²) in [4.78, 5) is 42.0. The minimum Gasteiger partial charge on any atom is -0.369 e. The van der Waals surface area contributed by atoms with E-state index < -0.39 is 23.3 Å². The SMILES string of the molecule is NC(=O)[C@H]1CC(=O)Nc2nc(Nc3cccc(Cl)c3)[nH]c(=O)c21. The number of rotatable bonds is 3. The number of nitrogens with two attached hydrogens (primary N) is 1. The molecule has 0 saturated heterocycles. The topological polar surface area (TPSA) is 130 Å². The van der Waals surface area contributed by atoms with Crippen LogP contribution in [0.5, 0.6) is 0 Å². The summed E-state index contributed by atoms with van der Waals surface area (Å²) in [7, 11) is 0. The predicted octanol–water partition coefficient (Wildman–Crippen LogP) is 1.08. The molecular weight excluding hydrogens is 322 g/mol. The second kappa shape index (κ2) is 5.73. The second-order valence-corrected chi connectivity index (χ2v) is 5.46. The van der Waals surface area contributed by atoms with Crippen molar-refractivity contribution in [3.63, 3.8) is 0 Å². The predicted molar refractivity (Wildman–Crippen MR) is 84.8 cm³/mol. The zero-order valence-corrected chi connectivity index (χ0v) is 12.5. The molecule has 0 saturated carbocycles. The molecule has 2 heterocycles. The Balaban J connectivity index is 2.01. The van der Waals surface area contributed by atoms with Crippen molar-refractivity contribution in [2.45, 2.75) is 12.3 Å². The zero-order valence-electron chi connectivity index (χ0n) is 11.7. The van der Waals surface area contributed by atoms with Gasteiger partial charge in [0.2, 0.25) is 17.8 Å². The third-order valence-electron chi connectivity index (χ3n) is 3.38. The number of benzene rings is 1. The molecule has 1 aliphatic rings. The van der Waals surface area contributed by atoms with Crippen LogP contribution >= 0.6 is 11.6 Å². The zero-order chi connectivity index (χ0) is 16.6. The number of H-pyrrole nitrogens is 1. The van der Waals surface area contributed by atoms with Gasteiger partial charge in [-0.1, -0.05) is 17.7 Å². The number of halogens is 1. The summed E-state index contributed by atoms with van der Waals surface area (Å²) >= 11 is 5.89. The van der Waals surface area contributed by atoms with Gasteiger partial charge in [0.05, 0.1) is 11.5 Å². The van der Waals surface area contributed by atoms with Gasteiger partial charge in [-0.2, -0.15) is 4.98 Å². The fourth-order valence-corrected chi connectivity index (χ4v) is 2.57. The quantitative estimate of drug-likeness (QED) is 0.667. The number of aromatic amines is 1. The van der Waals surface area contributed by atoms with Crippen LogP contribution in [0.15, 0.2) is 29.1 Å². The highest BCUT2D eigenvalue weighted by Gasteiger charge is 2.33. The Kier molecular flexibility index (Phi) is 3.75. The van der Waals surface area contributed by atoms with Crippen LogP contribution in [0.25, 0.3) is 0 Å². The van der Waals surface area contributed by atoms with Gasteiger partial charge >= 0.3 is 0 Å². The van der Waals surface area contributed by atoms with Crippen LogP contribution in [0, 0.1) is 0 Å². The van der Waals surface area contributed by atoms with Gasteiger partial charge in [0.1, 0.15) is 5.82 Å². The molecular formula is C14H12ClN5O3. The average Bonchev–Trinajstić information content (AvgIpc) is 2.45. The van der Waals surface area contributed by atoms with Crippen LogP contribution in [0.4, 0.5) is 17.5 Å². The summed E-state index contributed by atoms with van der Waals surface area (Å²) in [6.45, 7) is 0. The smallest absolute Gasteiger partial charge is 0.258 e. The highest BCUT2D eigenvalue weighted by Crippen LogP contribution is 2.28. The van der Waals surface area contributed by atoms with Gasteiger partial charge < -0.3 is 16.4 Å². The Morgan fingerprint density at radius 3 is 2.87 bits per heavy atom. The van der Waals surface area contributed by atoms with Crippen LogP contribution in [-0.4, -0.2) is 21.8 Å². The van der Waals surface area contributed by atoms with Crippen LogP contribution in [0.1, 0.15) is 17.9 Å². The van der Waals surface area contributed by atoms with Crippen molar-refractivity contribution in [2.75, 3.05) is 10.6 Å². The maximum Gasteiger partial charge on any atom is 0.258 e. The number of carbonyl (C=O) groups is 2. The molecule has 1 aromatic heterocycles. The molecule has 0 aliphatic carbocycles. The molecule has 9 heteroatoms. The van der Waals surface area contributed by atoms with E-state index in [9.17, 15) is 14.4 Å². The molecule has 2 amide bonds. The first-order valence-electron chi connectivity index (χ1n) is 6.70. The number of aromatic nitrogens is 2. The summed E-state index contributed by atoms with van der Waals surface area (Å²) in [5.74, 6) is -2.02. The second-order valence-electron chi connectivity index (χ2n) is 5.02. The third-order valence-corrected chi connectivity index (χ3v) is 3.62. The van der Waals surface area contributed by atoms with Crippen molar-refractivity contribution in [1.82, 2.24) is 9.97 Å². The summed E-state index contributed by atoms with van der Waals surface area (Å²) < 4.78 is 0. The first-order valence-corrected chi connectivity index (χ1v) is 7.08. The van der Waals surface area contributed by atoms with E-state index in [0.29, 0.717) is 10.7 Å². The highest BCUT2D eigenvalue weighted by molar-refractivity contribution is 6.30. The van der Waals surface area contributed by atoms with E-state index in [2.05, 4.69) is 20.6 Å². The molecule has 2 aromatic rings. The number of hydrogen-bond acceptors (Lipinski definition) is 5. The lowest BCUT2D eigenvalue weighted by Crippen LogP contribution is -2.36. The number of nitrogens with zero attached hydrogens (tertiary/aromatic N) is 1. The third kappa shape index (κ3) is 3.02. The molecule has 5 N–H and O–H groups in total. The molecule has 0 unspecified atom stereocenters. The molecule has 118 valence electrons. The van der Waals surface area contributed by atoms with Gasteiger partial charge in [-0.05, 0) is 18.2 Å². The van der Waals surface area contributed by atoms with Crippen molar-refractivity contribution >= 4 is 40.9 Å². The number of anilines is 3. The van der Waals surface area contributed by atoms with E-state index in [1.165, 1.54) is 0 Å². The number of hydrogen-bond donors (Lipinski definition) is 4. The Labute approximate surface area is 135 Å². The molecule has 1 aliphatic heterocycles. The van der Waals surface area contributed by atoms with Crippen LogP contribution < -0.4 is 21.9 Å². The minimum absolute atomic E-state index is 0.0262. The largest absolute Gasteiger partial charge is 0.369 e. The monoisotopic (exact) mass is 333 g/mol. The van der Waals surface area contributed by atoms with Gasteiger partial charge in [0.15, 0.2) is 0 Å². The molecule has 0 radical (unpaired) electrons. The Hall–Kier alpha value is -2.87. The number of nitrogens with one attached hydrogen (secondary N) is 3. The van der Waals surface area contributed by atoms with Crippen molar-refractivity contribution in [2.24, 2.45) is 5.73 Å². The summed E-state index contributed by atoms with van der Waals surface area (Å²) in [5, 5.41) is 5.87. The van der Waals surface area contributed by atoms with Crippen molar-refractivity contribution in [3.05, 3.63) is 45.2 Å². The Bertz CT molecular complexity index is 864. The highest BCUT2D eigenvalue weighted by atomic mass is 35.5. The van der Waals surface area contributed by atoms with Crippen molar-refractivity contribution in [1.29, 1.82) is 0 Å². The van der Waals surface area contributed by atoms with Gasteiger partial charge in [-0.25, -0.2) is 0 Å². The molecule has 0 bridgehead atoms. The van der Waals surface area contributed by atoms with E-state index in [-0.39, 0.29) is 23.8 Å². The number of amides is 2. The Morgan fingerprint density at radius 1 is 1.39 bits per heavy atom. The van der Waals surface area contributed by atoms with Crippen LogP contribution in [0.3, 0.4) is 0 Å². The first kappa shape index (κ1) is 15.0. The molecule has 3 rings (SSSR count).